The topological polar surface area (TPSA) is 43.4 Å². The first kappa shape index (κ1) is 9.88. The van der Waals surface area contributed by atoms with Crippen molar-refractivity contribution in [1.29, 1.82) is 0 Å². The van der Waals surface area contributed by atoms with E-state index < -0.39 is 0 Å². The zero-order chi connectivity index (χ0) is 9.02. The lowest BCUT2D eigenvalue weighted by molar-refractivity contribution is -0.119. The molecule has 0 fully saturated rings. The summed E-state index contributed by atoms with van der Waals surface area (Å²) in [7, 11) is 1.43. The fraction of sp³-hybridized carbons (Fsp3) is 0.500. The molecule has 0 radical (unpaired) electrons. The predicted molar refractivity (Wildman–Crippen MR) is 41.1 cm³/mol. The van der Waals surface area contributed by atoms with Gasteiger partial charge in [-0.3, -0.25) is 9.59 Å². The molecule has 3 heteroatoms. The second-order valence-corrected chi connectivity index (χ2v) is 2.25. The first-order valence-electron chi connectivity index (χ1n) is 3.27. The van der Waals surface area contributed by atoms with Gasteiger partial charge >= 0.3 is 0 Å². The number of hydrogen-bond acceptors (Lipinski definition) is 3. The van der Waals surface area contributed by atoms with Crippen molar-refractivity contribution in [2.45, 2.75) is 20.8 Å². The molecule has 0 N–H and O–H groups in total. The Labute approximate surface area is 66.0 Å². The summed E-state index contributed by atoms with van der Waals surface area (Å²) in [6.07, 6.45) is 0. The van der Waals surface area contributed by atoms with Gasteiger partial charge < -0.3 is 4.74 Å². The number of carbonyl (C=O) groups excluding carboxylic acids is 2. The van der Waals surface area contributed by atoms with Crippen molar-refractivity contribution in [3.63, 3.8) is 0 Å². The van der Waals surface area contributed by atoms with Gasteiger partial charge in [0.15, 0.2) is 11.6 Å². The van der Waals surface area contributed by atoms with Gasteiger partial charge in [-0.25, -0.2) is 0 Å². The molecular weight excluding hydrogens is 144 g/mol. The highest BCUT2D eigenvalue weighted by Crippen LogP contribution is 2.06. The fourth-order valence-corrected chi connectivity index (χ4v) is 0.846. The van der Waals surface area contributed by atoms with Crippen LogP contribution in [0.5, 0.6) is 0 Å². The number of hydrogen-bond donors (Lipinski definition) is 0. The molecule has 0 amide bonds. The standard InChI is InChI=1S/C8H12O3/c1-5(9)8(6(2)10)7(3)11-4/h1-4H3. The van der Waals surface area contributed by atoms with Crippen LogP contribution >= 0.6 is 0 Å². The quantitative estimate of drug-likeness (QED) is 0.266. The Kier molecular flexibility index (Phi) is 3.51. The molecule has 0 heterocycles. The summed E-state index contributed by atoms with van der Waals surface area (Å²) < 4.78 is 4.77. The van der Waals surface area contributed by atoms with E-state index in [1.807, 2.05) is 0 Å². The molecule has 11 heavy (non-hydrogen) atoms. The average molecular weight is 156 g/mol. The molecular formula is C8H12O3. The minimum atomic E-state index is -0.253. The molecule has 0 bridgehead atoms. The van der Waals surface area contributed by atoms with Gasteiger partial charge in [-0.1, -0.05) is 0 Å². The molecule has 0 saturated carbocycles. The molecule has 0 unspecified atom stereocenters. The minimum absolute atomic E-state index is 0.146. The number of rotatable bonds is 3. The average Bonchev–Trinajstić information content (AvgIpc) is 1.85. The van der Waals surface area contributed by atoms with Crippen LogP contribution in [0.3, 0.4) is 0 Å². The van der Waals surface area contributed by atoms with Gasteiger partial charge in [-0.2, -0.15) is 0 Å². The van der Waals surface area contributed by atoms with Gasteiger partial charge in [0, 0.05) is 0 Å². The van der Waals surface area contributed by atoms with E-state index in [4.69, 9.17) is 4.74 Å². The van der Waals surface area contributed by atoms with Gasteiger partial charge in [-0.05, 0) is 20.8 Å². The van der Waals surface area contributed by atoms with Gasteiger partial charge in [0.05, 0.1) is 12.7 Å². The van der Waals surface area contributed by atoms with Gasteiger partial charge in [0.25, 0.3) is 0 Å². The highest BCUT2D eigenvalue weighted by atomic mass is 16.5. The second kappa shape index (κ2) is 3.91. The number of ketones is 2. The minimum Gasteiger partial charge on any atom is -0.501 e. The number of Topliss-reactive ketones (excluding diaryl/α,β-unsaturated/α-hetero) is 2. The van der Waals surface area contributed by atoms with E-state index in [9.17, 15) is 9.59 Å². The molecule has 0 aliphatic heterocycles. The number of ether oxygens (including phenoxy) is 1. The van der Waals surface area contributed by atoms with Crippen molar-refractivity contribution in [2.24, 2.45) is 0 Å². The van der Waals surface area contributed by atoms with Crippen molar-refractivity contribution in [2.75, 3.05) is 7.11 Å². The number of carbonyl (C=O) groups is 2. The first-order valence-corrected chi connectivity index (χ1v) is 3.27. The Morgan fingerprint density at radius 2 is 1.36 bits per heavy atom. The highest BCUT2D eigenvalue weighted by molar-refractivity contribution is 6.18. The Bertz CT molecular complexity index is 197. The summed E-state index contributed by atoms with van der Waals surface area (Å²) in [5, 5.41) is 0. The lowest BCUT2D eigenvalue weighted by atomic mass is 10.1. The molecule has 0 aromatic carbocycles. The molecule has 0 atom stereocenters. The third-order valence-electron chi connectivity index (χ3n) is 1.36. The highest BCUT2D eigenvalue weighted by Gasteiger charge is 2.13. The molecule has 0 aromatic heterocycles. The summed E-state index contributed by atoms with van der Waals surface area (Å²) in [5.41, 5.74) is 0.146. The molecule has 0 rings (SSSR count). The summed E-state index contributed by atoms with van der Waals surface area (Å²) in [5.74, 6) is -0.126. The Morgan fingerprint density at radius 3 is 1.45 bits per heavy atom. The maximum Gasteiger partial charge on any atom is 0.166 e. The molecule has 0 spiro atoms. The van der Waals surface area contributed by atoms with Crippen LogP contribution in [0.2, 0.25) is 0 Å². The molecule has 0 saturated heterocycles. The summed E-state index contributed by atoms with van der Waals surface area (Å²) >= 11 is 0. The maximum atomic E-state index is 10.8. The van der Waals surface area contributed by atoms with Gasteiger partial charge in [0.1, 0.15) is 5.76 Å². The summed E-state index contributed by atoms with van der Waals surface area (Å²) in [6.45, 7) is 4.29. The van der Waals surface area contributed by atoms with Crippen molar-refractivity contribution < 1.29 is 14.3 Å². The zero-order valence-corrected chi connectivity index (χ0v) is 7.22. The van der Waals surface area contributed by atoms with Crippen molar-refractivity contribution in [1.82, 2.24) is 0 Å². The van der Waals surface area contributed by atoms with Crippen molar-refractivity contribution >= 4 is 11.6 Å². The van der Waals surface area contributed by atoms with Crippen molar-refractivity contribution in [3.05, 3.63) is 11.3 Å². The normalized spacial score (nSPS) is 8.73. The van der Waals surface area contributed by atoms with E-state index in [0.29, 0.717) is 5.76 Å². The van der Waals surface area contributed by atoms with Crippen LogP contribution in [0.15, 0.2) is 11.3 Å². The Hall–Kier alpha value is -1.12. The molecule has 0 aromatic rings. The molecule has 0 aliphatic carbocycles. The largest absolute Gasteiger partial charge is 0.501 e. The molecule has 62 valence electrons. The van der Waals surface area contributed by atoms with Crippen LogP contribution in [0.25, 0.3) is 0 Å². The smallest absolute Gasteiger partial charge is 0.166 e. The molecule has 3 nitrogen and oxygen atoms in total. The van der Waals surface area contributed by atoms with Crippen LogP contribution in [-0.4, -0.2) is 18.7 Å². The van der Waals surface area contributed by atoms with E-state index in [-0.39, 0.29) is 17.1 Å². The van der Waals surface area contributed by atoms with Crippen LogP contribution in [0, 0.1) is 0 Å². The predicted octanol–water partition coefficient (Wildman–Crippen LogP) is 1.08. The van der Waals surface area contributed by atoms with E-state index in [1.54, 1.807) is 6.92 Å². The fourth-order valence-electron chi connectivity index (χ4n) is 0.846. The third-order valence-corrected chi connectivity index (χ3v) is 1.36. The lowest BCUT2D eigenvalue weighted by Gasteiger charge is -2.03. The lowest BCUT2D eigenvalue weighted by Crippen LogP contribution is -2.09. The second-order valence-electron chi connectivity index (χ2n) is 2.25. The van der Waals surface area contributed by atoms with Crippen LogP contribution < -0.4 is 0 Å². The summed E-state index contributed by atoms with van der Waals surface area (Å²) in [4.78, 5) is 21.7. The third kappa shape index (κ3) is 2.53. The van der Waals surface area contributed by atoms with E-state index in [0.717, 1.165) is 0 Å². The Morgan fingerprint density at radius 1 is 1.00 bits per heavy atom. The Balaban J connectivity index is 4.88. The van der Waals surface area contributed by atoms with E-state index in [2.05, 4.69) is 0 Å². The van der Waals surface area contributed by atoms with Gasteiger partial charge in [0.2, 0.25) is 0 Å². The molecule has 0 aliphatic rings. The maximum absolute atomic E-state index is 10.8. The van der Waals surface area contributed by atoms with Crippen LogP contribution in [0.1, 0.15) is 20.8 Å². The van der Waals surface area contributed by atoms with Crippen LogP contribution in [-0.2, 0) is 14.3 Å². The SMILES string of the molecule is COC(C)=C(C(C)=O)C(C)=O. The van der Waals surface area contributed by atoms with E-state index in [1.165, 1.54) is 21.0 Å². The summed E-state index contributed by atoms with van der Waals surface area (Å²) in [6, 6.07) is 0. The monoisotopic (exact) mass is 156 g/mol. The van der Waals surface area contributed by atoms with Crippen LogP contribution in [0.4, 0.5) is 0 Å². The number of allylic oxidation sites excluding steroid dienone is 2. The number of methoxy groups -OCH3 is 1. The first-order chi connectivity index (χ1) is 5.00. The zero-order valence-electron chi connectivity index (χ0n) is 7.22. The van der Waals surface area contributed by atoms with E-state index >= 15 is 0 Å². The van der Waals surface area contributed by atoms with Gasteiger partial charge in [-0.15, -0.1) is 0 Å². The van der Waals surface area contributed by atoms with Crippen molar-refractivity contribution in [3.8, 4) is 0 Å².